The predicted octanol–water partition coefficient (Wildman–Crippen LogP) is 3.04. The molecular weight excluding hydrogens is 160 g/mol. The monoisotopic (exact) mass is 170 g/mol. The molecule has 0 bridgehead atoms. The summed E-state index contributed by atoms with van der Waals surface area (Å²) >= 11 is 0. The summed E-state index contributed by atoms with van der Waals surface area (Å²) in [6.45, 7) is 9.06. The third-order valence-corrected chi connectivity index (χ3v) is 2.25. The number of rotatable bonds is 0. The van der Waals surface area contributed by atoms with Gasteiger partial charge < -0.3 is 4.57 Å². The fourth-order valence-corrected chi connectivity index (χ4v) is 1.58. The molecule has 1 heterocycles. The lowest BCUT2D eigenvalue weighted by molar-refractivity contribution is 0.968. The maximum atomic E-state index is 7.05. The third kappa shape index (κ3) is 1.09. The minimum atomic E-state index is 0.746. The van der Waals surface area contributed by atoms with E-state index in [2.05, 4.69) is 10.9 Å². The van der Waals surface area contributed by atoms with Crippen LogP contribution in [0, 0.1) is 13.5 Å². The van der Waals surface area contributed by atoms with Crippen LogP contribution >= 0.6 is 0 Å². The van der Waals surface area contributed by atoms with E-state index >= 15 is 0 Å². The van der Waals surface area contributed by atoms with E-state index in [1.807, 2.05) is 36.9 Å². The van der Waals surface area contributed by atoms with Crippen LogP contribution in [0.15, 0.2) is 24.4 Å². The Morgan fingerprint density at radius 2 is 2.15 bits per heavy atom. The highest BCUT2D eigenvalue weighted by Gasteiger charge is 2.03. The molecule has 0 fully saturated rings. The van der Waals surface area contributed by atoms with E-state index in [4.69, 9.17) is 6.57 Å². The number of hydrogen-bond acceptors (Lipinski definition) is 0. The first-order valence-corrected chi connectivity index (χ1v) is 4.15. The molecule has 0 amide bonds. The van der Waals surface area contributed by atoms with Crippen LogP contribution in [0.4, 0.5) is 5.69 Å². The molecule has 0 saturated heterocycles. The number of fused-ring (bicyclic) bond motifs is 1. The van der Waals surface area contributed by atoms with Gasteiger partial charge in [-0.15, -0.1) is 0 Å². The largest absolute Gasteiger partial charge is 0.352 e. The summed E-state index contributed by atoms with van der Waals surface area (Å²) < 4.78 is 2.04. The molecule has 0 radical (unpaired) electrons. The molecule has 2 aromatic rings. The highest BCUT2D eigenvalue weighted by atomic mass is 14.9. The summed E-state index contributed by atoms with van der Waals surface area (Å²) in [6, 6.07) is 6.02. The molecule has 2 nitrogen and oxygen atoms in total. The van der Waals surface area contributed by atoms with Gasteiger partial charge in [0.25, 0.3) is 0 Å². The number of benzene rings is 1. The predicted molar refractivity (Wildman–Crippen MR) is 53.9 cm³/mol. The first kappa shape index (κ1) is 7.88. The number of nitrogens with zero attached hydrogens (tertiary/aromatic N) is 2. The standard InChI is InChI=1S/C11H10N2/c1-8-6-10(12-2)9-4-5-13(3)11(9)7-8/h4-7H,1,3H3. The van der Waals surface area contributed by atoms with Crippen molar-refractivity contribution in [3.05, 3.63) is 41.4 Å². The molecule has 0 aliphatic carbocycles. The topological polar surface area (TPSA) is 9.29 Å². The highest BCUT2D eigenvalue weighted by molar-refractivity contribution is 5.93. The Labute approximate surface area is 77.2 Å². The van der Waals surface area contributed by atoms with Crippen molar-refractivity contribution < 1.29 is 0 Å². The van der Waals surface area contributed by atoms with Crippen molar-refractivity contribution in [1.82, 2.24) is 4.57 Å². The average Bonchev–Trinajstić information content (AvgIpc) is 2.47. The lowest BCUT2D eigenvalue weighted by Gasteiger charge is -1.99. The van der Waals surface area contributed by atoms with Crippen molar-refractivity contribution in [3.8, 4) is 0 Å². The fraction of sp³-hybridized carbons (Fsp3) is 0.182. The highest BCUT2D eigenvalue weighted by Crippen LogP contribution is 2.28. The van der Waals surface area contributed by atoms with Gasteiger partial charge in [-0.25, -0.2) is 4.85 Å². The normalized spacial score (nSPS) is 10.2. The molecule has 2 rings (SSSR count). The molecule has 0 spiro atoms. The van der Waals surface area contributed by atoms with E-state index < -0.39 is 0 Å². The number of aryl methyl sites for hydroxylation is 2. The first-order chi connectivity index (χ1) is 6.22. The van der Waals surface area contributed by atoms with Gasteiger partial charge in [-0.2, -0.15) is 0 Å². The molecule has 0 saturated carbocycles. The average molecular weight is 170 g/mol. The van der Waals surface area contributed by atoms with Crippen molar-refractivity contribution >= 4 is 16.6 Å². The van der Waals surface area contributed by atoms with Gasteiger partial charge in [-0.05, 0) is 19.1 Å². The molecule has 13 heavy (non-hydrogen) atoms. The minimum absolute atomic E-state index is 0.746. The Kier molecular flexibility index (Phi) is 1.60. The van der Waals surface area contributed by atoms with E-state index in [1.54, 1.807) is 0 Å². The van der Waals surface area contributed by atoms with Gasteiger partial charge in [0, 0.05) is 24.1 Å². The van der Waals surface area contributed by atoms with Crippen LogP contribution in [-0.4, -0.2) is 4.57 Å². The lowest BCUT2D eigenvalue weighted by atomic mass is 10.1. The summed E-state index contributed by atoms with van der Waals surface area (Å²) in [5, 5.41) is 1.04. The van der Waals surface area contributed by atoms with Crippen molar-refractivity contribution in [2.24, 2.45) is 7.05 Å². The van der Waals surface area contributed by atoms with Crippen molar-refractivity contribution in [2.45, 2.75) is 6.92 Å². The molecular formula is C11H10N2. The van der Waals surface area contributed by atoms with Crippen LogP contribution in [-0.2, 0) is 7.05 Å². The van der Waals surface area contributed by atoms with Crippen LogP contribution in [0.5, 0.6) is 0 Å². The molecule has 1 aromatic carbocycles. The Balaban J connectivity index is 2.94. The molecule has 1 aromatic heterocycles. The summed E-state index contributed by atoms with van der Waals surface area (Å²) in [7, 11) is 2.00. The zero-order valence-electron chi connectivity index (χ0n) is 7.70. The molecule has 0 unspecified atom stereocenters. The van der Waals surface area contributed by atoms with Crippen molar-refractivity contribution in [1.29, 1.82) is 0 Å². The summed E-state index contributed by atoms with van der Waals surface area (Å²) in [5.74, 6) is 0. The second-order valence-electron chi connectivity index (χ2n) is 3.26. The van der Waals surface area contributed by atoms with Gasteiger partial charge in [0.05, 0.1) is 6.57 Å². The Morgan fingerprint density at radius 3 is 2.85 bits per heavy atom. The molecule has 0 N–H and O–H groups in total. The minimum Gasteiger partial charge on any atom is -0.352 e. The van der Waals surface area contributed by atoms with Crippen molar-refractivity contribution in [2.75, 3.05) is 0 Å². The Hall–Kier alpha value is -1.75. The summed E-state index contributed by atoms with van der Waals surface area (Å²) in [5.41, 5.74) is 3.02. The van der Waals surface area contributed by atoms with E-state index in [0.29, 0.717) is 0 Å². The van der Waals surface area contributed by atoms with E-state index in [0.717, 1.165) is 22.2 Å². The van der Waals surface area contributed by atoms with Crippen LogP contribution in [0.3, 0.4) is 0 Å². The molecule has 0 aliphatic heterocycles. The van der Waals surface area contributed by atoms with E-state index in [9.17, 15) is 0 Å². The van der Waals surface area contributed by atoms with Crippen LogP contribution in [0.25, 0.3) is 15.7 Å². The van der Waals surface area contributed by atoms with Crippen LogP contribution < -0.4 is 0 Å². The molecule has 2 heteroatoms. The zero-order valence-corrected chi connectivity index (χ0v) is 7.70. The van der Waals surface area contributed by atoms with Gasteiger partial charge in [0.1, 0.15) is 0 Å². The first-order valence-electron chi connectivity index (χ1n) is 4.15. The third-order valence-electron chi connectivity index (χ3n) is 2.25. The number of hydrogen-bond donors (Lipinski definition) is 0. The molecule has 64 valence electrons. The second kappa shape index (κ2) is 2.63. The molecule has 0 atom stereocenters. The van der Waals surface area contributed by atoms with Gasteiger partial charge in [0.2, 0.25) is 0 Å². The lowest BCUT2D eigenvalue weighted by Crippen LogP contribution is -1.84. The van der Waals surface area contributed by atoms with Crippen LogP contribution in [0.1, 0.15) is 5.56 Å². The van der Waals surface area contributed by atoms with E-state index in [1.165, 1.54) is 0 Å². The van der Waals surface area contributed by atoms with Gasteiger partial charge >= 0.3 is 0 Å². The van der Waals surface area contributed by atoms with Gasteiger partial charge in [0.15, 0.2) is 5.69 Å². The summed E-state index contributed by atoms with van der Waals surface area (Å²) in [6.07, 6.45) is 1.98. The van der Waals surface area contributed by atoms with Gasteiger partial charge in [-0.3, -0.25) is 0 Å². The SMILES string of the molecule is [C-]#[N+]c1cc(C)cc2c1ccn2C. The molecule has 0 aliphatic rings. The smallest absolute Gasteiger partial charge is 0.196 e. The Bertz CT molecular complexity index is 501. The zero-order chi connectivity index (χ0) is 9.42. The quantitative estimate of drug-likeness (QED) is 0.537. The van der Waals surface area contributed by atoms with Gasteiger partial charge in [-0.1, -0.05) is 11.6 Å². The maximum absolute atomic E-state index is 7.05. The summed E-state index contributed by atoms with van der Waals surface area (Å²) in [4.78, 5) is 3.51. The Morgan fingerprint density at radius 1 is 1.38 bits per heavy atom. The van der Waals surface area contributed by atoms with E-state index in [-0.39, 0.29) is 0 Å². The second-order valence-corrected chi connectivity index (χ2v) is 3.26. The van der Waals surface area contributed by atoms with Crippen molar-refractivity contribution in [3.63, 3.8) is 0 Å². The van der Waals surface area contributed by atoms with Crippen LogP contribution in [0.2, 0.25) is 0 Å². The maximum Gasteiger partial charge on any atom is 0.196 e. The number of aromatic nitrogens is 1. The fourth-order valence-electron chi connectivity index (χ4n) is 1.58.